The molecule has 78 valence electrons. The Balaban J connectivity index is 1.76. The molecule has 1 heterocycles. The fourth-order valence-corrected chi connectivity index (χ4v) is 2.25. The number of aryl methyl sites for hydroxylation is 1. The van der Waals surface area contributed by atoms with Gasteiger partial charge in [0.05, 0.1) is 10.7 Å². The maximum Gasteiger partial charge on any atom is 0.0928 e. The lowest BCUT2D eigenvalue weighted by Gasteiger charge is -1.97. The highest BCUT2D eigenvalue weighted by atomic mass is 32.1. The largest absolute Gasteiger partial charge is 0.308 e. The molecule has 0 aliphatic heterocycles. The summed E-state index contributed by atoms with van der Waals surface area (Å²) in [5.74, 6) is 0. The first kappa shape index (κ1) is 10.1. The maximum atomic E-state index is 4.60. The summed E-state index contributed by atoms with van der Waals surface area (Å²) >= 11 is 1.81. The maximum absolute atomic E-state index is 4.60. The van der Waals surface area contributed by atoms with Crippen LogP contribution in [0.3, 0.4) is 0 Å². The number of hydrogen-bond acceptors (Lipinski definition) is 3. The van der Waals surface area contributed by atoms with Gasteiger partial charge in [-0.15, -0.1) is 11.3 Å². The molecule has 1 aliphatic carbocycles. The van der Waals surface area contributed by atoms with Gasteiger partial charge in [-0.25, -0.2) is 4.98 Å². The average molecular weight is 210 g/mol. The molecule has 1 aromatic heterocycles. The standard InChI is InChI=1S/C11H18N2S/c1-2-3-4-11-13-10(8-14-11)7-12-9-5-6-9/h8-9,12H,2-7H2,1H3. The van der Waals surface area contributed by atoms with Crippen LogP contribution in [0.25, 0.3) is 0 Å². The minimum atomic E-state index is 0.788. The Labute approximate surface area is 89.8 Å². The predicted octanol–water partition coefficient (Wildman–Crippen LogP) is 2.74. The normalized spacial score (nSPS) is 16.1. The van der Waals surface area contributed by atoms with Crippen LogP contribution in [-0.2, 0) is 13.0 Å². The number of unbranched alkanes of at least 4 members (excludes halogenated alkanes) is 1. The fraction of sp³-hybridized carbons (Fsp3) is 0.727. The van der Waals surface area contributed by atoms with Gasteiger partial charge in [0.1, 0.15) is 0 Å². The minimum Gasteiger partial charge on any atom is -0.308 e. The number of hydrogen-bond donors (Lipinski definition) is 1. The first-order valence-electron chi connectivity index (χ1n) is 5.55. The van der Waals surface area contributed by atoms with Crippen molar-refractivity contribution in [1.82, 2.24) is 10.3 Å². The number of nitrogens with one attached hydrogen (secondary N) is 1. The van der Waals surface area contributed by atoms with E-state index in [4.69, 9.17) is 0 Å². The summed E-state index contributed by atoms with van der Waals surface area (Å²) in [6, 6.07) is 0.788. The molecule has 1 fully saturated rings. The lowest BCUT2D eigenvalue weighted by molar-refractivity contribution is 0.674. The van der Waals surface area contributed by atoms with E-state index in [0.717, 1.165) is 19.0 Å². The van der Waals surface area contributed by atoms with Gasteiger partial charge < -0.3 is 5.32 Å². The van der Waals surface area contributed by atoms with Gasteiger partial charge in [0, 0.05) is 18.0 Å². The van der Waals surface area contributed by atoms with Gasteiger partial charge >= 0.3 is 0 Å². The molecule has 1 aliphatic rings. The lowest BCUT2D eigenvalue weighted by atomic mass is 10.3. The highest BCUT2D eigenvalue weighted by Gasteiger charge is 2.20. The minimum absolute atomic E-state index is 0.788. The van der Waals surface area contributed by atoms with Crippen LogP contribution in [0.15, 0.2) is 5.38 Å². The molecule has 1 N–H and O–H groups in total. The number of nitrogens with zero attached hydrogens (tertiary/aromatic N) is 1. The second-order valence-corrected chi connectivity index (χ2v) is 4.93. The molecule has 0 saturated heterocycles. The Bertz CT molecular complexity index is 279. The summed E-state index contributed by atoms with van der Waals surface area (Å²) in [6.45, 7) is 3.19. The summed E-state index contributed by atoms with van der Waals surface area (Å²) in [4.78, 5) is 4.60. The first-order valence-corrected chi connectivity index (χ1v) is 6.43. The molecular formula is C11H18N2S. The van der Waals surface area contributed by atoms with E-state index in [1.165, 1.54) is 36.4 Å². The van der Waals surface area contributed by atoms with E-state index in [1.54, 1.807) is 0 Å². The van der Waals surface area contributed by atoms with E-state index < -0.39 is 0 Å². The average Bonchev–Trinajstić information content (AvgIpc) is 2.92. The Morgan fingerprint density at radius 1 is 1.57 bits per heavy atom. The quantitative estimate of drug-likeness (QED) is 0.781. The van der Waals surface area contributed by atoms with Crippen LogP contribution in [0.1, 0.15) is 43.3 Å². The second kappa shape index (κ2) is 4.89. The van der Waals surface area contributed by atoms with Crippen molar-refractivity contribution < 1.29 is 0 Å². The Hall–Kier alpha value is -0.410. The highest BCUT2D eigenvalue weighted by Crippen LogP contribution is 2.20. The third-order valence-electron chi connectivity index (χ3n) is 2.49. The van der Waals surface area contributed by atoms with E-state index in [9.17, 15) is 0 Å². The van der Waals surface area contributed by atoms with Gasteiger partial charge in [-0.1, -0.05) is 13.3 Å². The van der Waals surface area contributed by atoms with E-state index in [-0.39, 0.29) is 0 Å². The molecule has 1 aromatic rings. The molecule has 0 aromatic carbocycles. The molecule has 0 atom stereocenters. The summed E-state index contributed by atoms with van der Waals surface area (Å²) in [6.07, 6.45) is 6.39. The Morgan fingerprint density at radius 3 is 3.14 bits per heavy atom. The second-order valence-electron chi connectivity index (χ2n) is 3.99. The van der Waals surface area contributed by atoms with Crippen molar-refractivity contribution in [3.63, 3.8) is 0 Å². The Morgan fingerprint density at radius 2 is 2.43 bits per heavy atom. The molecule has 2 nitrogen and oxygen atoms in total. The van der Waals surface area contributed by atoms with Gasteiger partial charge in [-0.05, 0) is 25.7 Å². The molecular weight excluding hydrogens is 192 g/mol. The lowest BCUT2D eigenvalue weighted by Crippen LogP contribution is -2.15. The van der Waals surface area contributed by atoms with Gasteiger partial charge in [0.2, 0.25) is 0 Å². The summed E-state index contributed by atoms with van der Waals surface area (Å²) in [7, 11) is 0. The van der Waals surface area contributed by atoms with E-state index in [0.29, 0.717) is 0 Å². The fourth-order valence-electron chi connectivity index (χ4n) is 1.41. The zero-order valence-corrected chi connectivity index (χ0v) is 9.57. The van der Waals surface area contributed by atoms with Crippen molar-refractivity contribution >= 4 is 11.3 Å². The van der Waals surface area contributed by atoms with E-state index in [2.05, 4.69) is 22.6 Å². The van der Waals surface area contributed by atoms with Crippen molar-refractivity contribution in [3.8, 4) is 0 Å². The van der Waals surface area contributed by atoms with Crippen molar-refractivity contribution in [2.75, 3.05) is 0 Å². The molecule has 0 radical (unpaired) electrons. The topological polar surface area (TPSA) is 24.9 Å². The summed E-state index contributed by atoms with van der Waals surface area (Å²) < 4.78 is 0. The molecule has 0 bridgehead atoms. The summed E-state index contributed by atoms with van der Waals surface area (Å²) in [5.41, 5.74) is 1.23. The number of rotatable bonds is 6. The molecule has 0 spiro atoms. The SMILES string of the molecule is CCCCc1nc(CNC2CC2)cs1. The van der Waals surface area contributed by atoms with Crippen molar-refractivity contribution in [2.24, 2.45) is 0 Å². The number of aromatic nitrogens is 1. The summed E-state index contributed by atoms with van der Waals surface area (Å²) in [5, 5.41) is 6.99. The van der Waals surface area contributed by atoms with E-state index >= 15 is 0 Å². The zero-order valence-electron chi connectivity index (χ0n) is 8.75. The van der Waals surface area contributed by atoms with Crippen LogP contribution in [0.5, 0.6) is 0 Å². The smallest absolute Gasteiger partial charge is 0.0928 e. The van der Waals surface area contributed by atoms with Crippen molar-refractivity contribution in [2.45, 2.75) is 51.6 Å². The molecule has 2 rings (SSSR count). The third kappa shape index (κ3) is 3.07. The molecule has 3 heteroatoms. The molecule has 0 unspecified atom stereocenters. The predicted molar refractivity (Wildman–Crippen MR) is 60.6 cm³/mol. The molecule has 0 amide bonds. The van der Waals surface area contributed by atoms with E-state index in [1.807, 2.05) is 11.3 Å². The van der Waals surface area contributed by atoms with Crippen LogP contribution in [0.2, 0.25) is 0 Å². The van der Waals surface area contributed by atoms with Crippen LogP contribution in [0, 0.1) is 0 Å². The van der Waals surface area contributed by atoms with Gasteiger partial charge in [0.15, 0.2) is 0 Å². The van der Waals surface area contributed by atoms with Crippen molar-refractivity contribution in [3.05, 3.63) is 16.1 Å². The number of thiazole rings is 1. The van der Waals surface area contributed by atoms with Crippen LogP contribution in [-0.4, -0.2) is 11.0 Å². The van der Waals surface area contributed by atoms with Gasteiger partial charge in [0.25, 0.3) is 0 Å². The van der Waals surface area contributed by atoms with Crippen LogP contribution < -0.4 is 5.32 Å². The van der Waals surface area contributed by atoms with Crippen molar-refractivity contribution in [1.29, 1.82) is 0 Å². The third-order valence-corrected chi connectivity index (χ3v) is 3.45. The molecule has 14 heavy (non-hydrogen) atoms. The monoisotopic (exact) mass is 210 g/mol. The molecule has 1 saturated carbocycles. The highest BCUT2D eigenvalue weighted by molar-refractivity contribution is 7.09. The first-order chi connectivity index (χ1) is 6.88. The van der Waals surface area contributed by atoms with Gasteiger partial charge in [-0.3, -0.25) is 0 Å². The van der Waals surface area contributed by atoms with Crippen LogP contribution >= 0.6 is 11.3 Å². The van der Waals surface area contributed by atoms with Crippen LogP contribution in [0.4, 0.5) is 0 Å². The zero-order chi connectivity index (χ0) is 9.80. The van der Waals surface area contributed by atoms with Gasteiger partial charge in [-0.2, -0.15) is 0 Å². The Kier molecular flexibility index (Phi) is 3.54.